The molecule has 0 spiro atoms. The van der Waals surface area contributed by atoms with E-state index in [1.165, 1.54) is 12.1 Å². The molecule has 7 heteroatoms. The van der Waals surface area contributed by atoms with Gasteiger partial charge in [0.05, 0.1) is 10.6 Å². The fourth-order valence-electron chi connectivity index (χ4n) is 3.17. The highest BCUT2D eigenvalue weighted by molar-refractivity contribution is 5.76. The molecule has 0 aliphatic rings. The van der Waals surface area contributed by atoms with E-state index in [-0.39, 0.29) is 11.6 Å². The lowest BCUT2D eigenvalue weighted by Gasteiger charge is -2.17. The largest absolute Gasteiger partial charge is 0.341 e. The number of aryl methyl sites for hydroxylation is 1. The monoisotopic (exact) mass is 372 g/mol. The molecule has 1 aromatic heterocycles. The van der Waals surface area contributed by atoms with Crippen LogP contribution in [0.4, 0.5) is 5.69 Å². The molecule has 0 saturated carbocycles. The highest BCUT2D eigenvalue weighted by Crippen LogP contribution is 2.18. The Kier molecular flexibility index (Phi) is 6.71. The van der Waals surface area contributed by atoms with Crippen molar-refractivity contribution in [2.45, 2.75) is 53.6 Å². The molecule has 1 aromatic carbocycles. The third-order valence-corrected chi connectivity index (χ3v) is 4.63. The third-order valence-electron chi connectivity index (χ3n) is 4.63. The maximum absolute atomic E-state index is 12.5. The lowest BCUT2D eigenvalue weighted by molar-refractivity contribution is -0.384. The Bertz CT molecular complexity index is 827. The molecular weight excluding hydrogens is 344 g/mol. The van der Waals surface area contributed by atoms with Crippen LogP contribution in [0.25, 0.3) is 0 Å². The van der Waals surface area contributed by atoms with Gasteiger partial charge in [0.1, 0.15) is 0 Å². The van der Waals surface area contributed by atoms with E-state index in [0.717, 1.165) is 29.1 Å². The van der Waals surface area contributed by atoms with Crippen molar-refractivity contribution in [2.24, 2.45) is 5.92 Å². The first kappa shape index (κ1) is 20.6. The van der Waals surface area contributed by atoms with Gasteiger partial charge in [0.15, 0.2) is 0 Å². The Balaban J connectivity index is 1.98. The van der Waals surface area contributed by atoms with Crippen LogP contribution in [0.5, 0.6) is 0 Å². The molecule has 7 nitrogen and oxygen atoms in total. The number of nitrogens with zero attached hydrogens (tertiary/aromatic N) is 4. The van der Waals surface area contributed by atoms with Crippen LogP contribution in [0.3, 0.4) is 0 Å². The summed E-state index contributed by atoms with van der Waals surface area (Å²) in [4.78, 5) is 24.6. The molecule has 27 heavy (non-hydrogen) atoms. The van der Waals surface area contributed by atoms with Crippen molar-refractivity contribution < 1.29 is 9.72 Å². The van der Waals surface area contributed by atoms with Crippen molar-refractivity contribution in [3.63, 3.8) is 0 Å². The molecule has 0 bridgehead atoms. The zero-order chi connectivity index (χ0) is 20.1. The van der Waals surface area contributed by atoms with Gasteiger partial charge in [-0.05, 0) is 37.3 Å². The summed E-state index contributed by atoms with van der Waals surface area (Å²) < 4.78 is 2.02. The van der Waals surface area contributed by atoms with Gasteiger partial charge in [0.2, 0.25) is 5.91 Å². The summed E-state index contributed by atoms with van der Waals surface area (Å²) in [5.41, 5.74) is 4.01. The fourth-order valence-corrected chi connectivity index (χ4v) is 3.17. The van der Waals surface area contributed by atoms with Crippen LogP contribution in [-0.2, 0) is 24.3 Å². The number of nitro benzene ring substituents is 1. The van der Waals surface area contributed by atoms with Crippen molar-refractivity contribution in [3.8, 4) is 0 Å². The number of nitro groups is 1. The number of rotatable bonds is 8. The predicted octanol–water partition coefficient (Wildman–Crippen LogP) is 3.66. The van der Waals surface area contributed by atoms with Gasteiger partial charge < -0.3 is 4.90 Å². The van der Waals surface area contributed by atoms with Gasteiger partial charge in [-0.1, -0.05) is 26.0 Å². The van der Waals surface area contributed by atoms with E-state index in [2.05, 4.69) is 25.9 Å². The molecule has 2 aromatic rings. The summed E-state index contributed by atoms with van der Waals surface area (Å²) in [6.45, 7) is 9.56. The highest BCUT2D eigenvalue weighted by atomic mass is 16.6. The van der Waals surface area contributed by atoms with Gasteiger partial charge in [0, 0.05) is 44.4 Å². The SMILES string of the molecule is Cc1nn(CC(C)C)c(C)c1CCC(=O)N(C)Cc1cccc([N+](=O)[O-])c1. The Morgan fingerprint density at radius 2 is 2.04 bits per heavy atom. The average Bonchev–Trinajstić information content (AvgIpc) is 2.85. The van der Waals surface area contributed by atoms with Gasteiger partial charge in [-0.25, -0.2) is 0 Å². The molecule has 0 aliphatic heterocycles. The second-order valence-electron chi connectivity index (χ2n) is 7.40. The number of carbonyl (C=O) groups excluding carboxylic acids is 1. The number of hydrogen-bond acceptors (Lipinski definition) is 4. The summed E-state index contributed by atoms with van der Waals surface area (Å²) in [5, 5.41) is 15.5. The average molecular weight is 372 g/mol. The quantitative estimate of drug-likeness (QED) is 0.523. The number of benzene rings is 1. The van der Waals surface area contributed by atoms with Crippen molar-refractivity contribution >= 4 is 11.6 Å². The lowest BCUT2D eigenvalue weighted by atomic mass is 10.1. The number of amides is 1. The maximum Gasteiger partial charge on any atom is 0.269 e. The van der Waals surface area contributed by atoms with Crippen LogP contribution >= 0.6 is 0 Å². The fraction of sp³-hybridized carbons (Fsp3) is 0.500. The number of non-ortho nitro benzene ring substituents is 1. The van der Waals surface area contributed by atoms with Crippen molar-refractivity contribution in [1.29, 1.82) is 0 Å². The van der Waals surface area contributed by atoms with E-state index in [1.54, 1.807) is 24.1 Å². The summed E-state index contributed by atoms with van der Waals surface area (Å²) in [7, 11) is 1.73. The molecular formula is C20H28N4O3. The summed E-state index contributed by atoms with van der Waals surface area (Å²) in [5.74, 6) is 0.524. The molecule has 0 fully saturated rings. The molecule has 0 saturated heterocycles. The van der Waals surface area contributed by atoms with E-state index in [0.29, 0.717) is 25.3 Å². The smallest absolute Gasteiger partial charge is 0.269 e. The Morgan fingerprint density at radius 1 is 1.33 bits per heavy atom. The minimum Gasteiger partial charge on any atom is -0.341 e. The molecule has 1 heterocycles. The predicted molar refractivity (Wildman–Crippen MR) is 104 cm³/mol. The minimum absolute atomic E-state index is 0.0110. The molecule has 1 amide bonds. The van der Waals surface area contributed by atoms with Crippen LogP contribution in [0.2, 0.25) is 0 Å². The van der Waals surface area contributed by atoms with Crippen molar-refractivity contribution in [3.05, 3.63) is 56.9 Å². The second kappa shape index (κ2) is 8.79. The maximum atomic E-state index is 12.5. The Hall–Kier alpha value is -2.70. The van der Waals surface area contributed by atoms with Gasteiger partial charge in [0.25, 0.3) is 5.69 Å². The first-order valence-corrected chi connectivity index (χ1v) is 9.19. The number of carbonyl (C=O) groups is 1. The topological polar surface area (TPSA) is 81.3 Å². The first-order chi connectivity index (χ1) is 12.7. The number of hydrogen-bond donors (Lipinski definition) is 0. The number of aromatic nitrogens is 2. The second-order valence-corrected chi connectivity index (χ2v) is 7.40. The van der Waals surface area contributed by atoms with Gasteiger partial charge in [-0.2, -0.15) is 5.10 Å². The Morgan fingerprint density at radius 3 is 2.67 bits per heavy atom. The summed E-state index contributed by atoms with van der Waals surface area (Å²) >= 11 is 0. The minimum atomic E-state index is -0.425. The van der Waals surface area contributed by atoms with Crippen LogP contribution in [0.15, 0.2) is 24.3 Å². The van der Waals surface area contributed by atoms with E-state index < -0.39 is 4.92 Å². The van der Waals surface area contributed by atoms with E-state index in [4.69, 9.17) is 0 Å². The van der Waals surface area contributed by atoms with Crippen LogP contribution in [0, 0.1) is 29.9 Å². The van der Waals surface area contributed by atoms with Crippen LogP contribution in [0.1, 0.15) is 42.8 Å². The summed E-state index contributed by atoms with van der Waals surface area (Å²) in [6, 6.07) is 6.39. The third kappa shape index (κ3) is 5.39. The summed E-state index contributed by atoms with van der Waals surface area (Å²) in [6.07, 6.45) is 1.04. The highest BCUT2D eigenvalue weighted by Gasteiger charge is 2.16. The van der Waals surface area contributed by atoms with Crippen molar-refractivity contribution in [2.75, 3.05) is 7.05 Å². The molecule has 0 N–H and O–H groups in total. The zero-order valence-corrected chi connectivity index (χ0v) is 16.7. The molecule has 0 aliphatic carbocycles. The zero-order valence-electron chi connectivity index (χ0n) is 16.7. The normalized spacial score (nSPS) is 11.0. The van der Waals surface area contributed by atoms with Crippen LogP contribution in [-0.4, -0.2) is 32.6 Å². The molecule has 2 rings (SSSR count). The lowest BCUT2D eigenvalue weighted by Crippen LogP contribution is -2.26. The van der Waals surface area contributed by atoms with Gasteiger partial charge in [-0.15, -0.1) is 0 Å². The van der Waals surface area contributed by atoms with Crippen LogP contribution < -0.4 is 0 Å². The van der Waals surface area contributed by atoms with Gasteiger partial charge >= 0.3 is 0 Å². The first-order valence-electron chi connectivity index (χ1n) is 9.19. The molecule has 0 atom stereocenters. The Labute approximate surface area is 160 Å². The van der Waals surface area contributed by atoms with E-state index >= 15 is 0 Å². The van der Waals surface area contributed by atoms with Crippen molar-refractivity contribution in [1.82, 2.24) is 14.7 Å². The van der Waals surface area contributed by atoms with E-state index in [9.17, 15) is 14.9 Å². The van der Waals surface area contributed by atoms with Gasteiger partial charge in [-0.3, -0.25) is 19.6 Å². The molecule has 0 radical (unpaired) electrons. The van der Waals surface area contributed by atoms with E-state index in [1.807, 2.05) is 11.6 Å². The standard InChI is InChI=1S/C20H28N4O3/c1-14(2)12-23-16(4)19(15(3)21-23)9-10-20(25)22(5)13-17-7-6-8-18(11-17)24(26)27/h6-8,11,14H,9-10,12-13H2,1-5H3. The molecule has 0 unspecified atom stereocenters. The molecule has 146 valence electrons.